The van der Waals surface area contributed by atoms with Gasteiger partial charge in [0, 0.05) is 25.6 Å². The summed E-state index contributed by atoms with van der Waals surface area (Å²) in [6, 6.07) is 3.59. The highest BCUT2D eigenvalue weighted by Gasteiger charge is 2.35. The fourth-order valence-corrected chi connectivity index (χ4v) is 4.20. The maximum Gasteiger partial charge on any atom is 0.321 e. The molecule has 12 nitrogen and oxygen atoms in total. The normalized spacial score (nSPS) is 18.1. The van der Waals surface area contributed by atoms with Crippen LogP contribution in [-0.2, 0) is 0 Å². The number of nitrogens with zero attached hydrogens (tertiary/aromatic N) is 3. The van der Waals surface area contributed by atoms with E-state index in [4.69, 9.17) is 9.26 Å². The van der Waals surface area contributed by atoms with Gasteiger partial charge in [0.1, 0.15) is 17.5 Å². The van der Waals surface area contributed by atoms with Crippen molar-refractivity contribution in [3.8, 4) is 5.75 Å². The first kappa shape index (κ1) is 28.8. The minimum absolute atomic E-state index is 0.0957. The highest BCUT2D eigenvalue weighted by molar-refractivity contribution is 6.01. The van der Waals surface area contributed by atoms with Crippen molar-refractivity contribution in [1.82, 2.24) is 20.3 Å². The first-order valence-corrected chi connectivity index (χ1v) is 12.7. The topological polar surface area (TPSA) is 149 Å². The van der Waals surface area contributed by atoms with Crippen LogP contribution in [0.15, 0.2) is 22.7 Å². The molecule has 2 aromatic rings. The minimum Gasteiger partial charge on any atom is -0.485 e. The number of para-hydroxylation sites is 1. The Bertz CT molecular complexity index is 1150. The maximum absolute atomic E-state index is 13.5. The van der Waals surface area contributed by atoms with Crippen molar-refractivity contribution < 1.29 is 28.8 Å². The molecule has 0 bridgehead atoms. The average molecular weight is 531 g/mol. The minimum atomic E-state index is -0.549. The number of carbonyl (C=O) groups excluding carboxylic acids is 3. The van der Waals surface area contributed by atoms with Crippen molar-refractivity contribution in [2.24, 2.45) is 5.92 Å². The molecule has 1 aromatic carbocycles. The molecule has 38 heavy (non-hydrogen) atoms. The van der Waals surface area contributed by atoms with Gasteiger partial charge in [-0.25, -0.2) is 9.59 Å². The number of urea groups is 2. The van der Waals surface area contributed by atoms with E-state index in [0.29, 0.717) is 29.4 Å². The van der Waals surface area contributed by atoms with Crippen molar-refractivity contribution >= 4 is 29.3 Å². The smallest absolute Gasteiger partial charge is 0.321 e. The third-order valence-electron chi connectivity index (χ3n) is 6.42. The van der Waals surface area contributed by atoms with Gasteiger partial charge in [0.05, 0.1) is 30.4 Å². The molecule has 2 heterocycles. The van der Waals surface area contributed by atoms with E-state index in [9.17, 15) is 19.5 Å². The van der Waals surface area contributed by atoms with E-state index in [1.165, 1.54) is 4.90 Å². The second-order valence-electron chi connectivity index (χ2n) is 10.1. The first-order valence-electron chi connectivity index (χ1n) is 12.7. The van der Waals surface area contributed by atoms with Crippen LogP contribution in [0, 0.1) is 19.8 Å². The number of amides is 5. The molecule has 0 saturated heterocycles. The van der Waals surface area contributed by atoms with Gasteiger partial charge in [-0.3, -0.25) is 4.79 Å². The number of ether oxygens (including phenoxy) is 1. The molecule has 1 aliphatic heterocycles. The summed E-state index contributed by atoms with van der Waals surface area (Å²) in [6.07, 6.45) is -0.549. The molecule has 1 aliphatic rings. The highest BCUT2D eigenvalue weighted by atomic mass is 16.5. The number of aryl methyl sites for hydroxylation is 2. The predicted octanol–water partition coefficient (Wildman–Crippen LogP) is 3.21. The molecule has 3 rings (SSSR count). The molecule has 0 unspecified atom stereocenters. The molecule has 0 saturated carbocycles. The van der Waals surface area contributed by atoms with E-state index in [0.717, 1.165) is 0 Å². The largest absolute Gasteiger partial charge is 0.485 e. The van der Waals surface area contributed by atoms with Crippen LogP contribution in [0.25, 0.3) is 0 Å². The van der Waals surface area contributed by atoms with E-state index >= 15 is 0 Å². The number of hydrogen-bond donors (Lipinski definition) is 4. The summed E-state index contributed by atoms with van der Waals surface area (Å²) in [6.45, 7) is 11.1. The predicted molar refractivity (Wildman–Crippen MR) is 143 cm³/mol. The summed E-state index contributed by atoms with van der Waals surface area (Å²) in [7, 11) is 1.64. The number of aliphatic hydroxyl groups excluding tert-OH is 1. The molecule has 0 fully saturated rings. The Balaban J connectivity index is 1.94. The van der Waals surface area contributed by atoms with E-state index in [2.05, 4.69) is 21.1 Å². The zero-order chi connectivity index (χ0) is 28.1. The fraction of sp³-hybridized carbons (Fsp3) is 0.538. The van der Waals surface area contributed by atoms with Crippen LogP contribution < -0.4 is 20.7 Å². The Hall–Kier alpha value is -3.80. The molecule has 0 radical (unpaired) electrons. The summed E-state index contributed by atoms with van der Waals surface area (Å²) in [4.78, 5) is 42.1. The van der Waals surface area contributed by atoms with E-state index < -0.39 is 18.2 Å². The Morgan fingerprint density at radius 3 is 2.55 bits per heavy atom. The lowest BCUT2D eigenvalue weighted by molar-refractivity contribution is 0.0373. The van der Waals surface area contributed by atoms with Crippen molar-refractivity contribution in [3.05, 3.63) is 35.2 Å². The molecule has 12 heteroatoms. The van der Waals surface area contributed by atoms with Crippen molar-refractivity contribution in [2.75, 3.05) is 37.4 Å². The van der Waals surface area contributed by atoms with Crippen molar-refractivity contribution in [2.45, 2.75) is 59.7 Å². The summed E-state index contributed by atoms with van der Waals surface area (Å²) in [5, 5.41) is 22.1. The van der Waals surface area contributed by atoms with Gasteiger partial charge in [-0.05, 0) is 46.8 Å². The summed E-state index contributed by atoms with van der Waals surface area (Å²) in [5.41, 5.74) is 1.66. The van der Waals surface area contributed by atoms with E-state index in [1.54, 1.807) is 50.9 Å². The lowest BCUT2D eigenvalue weighted by Gasteiger charge is -2.38. The van der Waals surface area contributed by atoms with Crippen LogP contribution in [0.3, 0.4) is 0 Å². The number of nitrogens with one attached hydrogen (secondary N) is 3. The number of fused-ring (bicyclic) bond motifs is 1. The quantitative estimate of drug-likeness (QED) is 0.429. The molecule has 4 N–H and O–H groups in total. The fourth-order valence-electron chi connectivity index (χ4n) is 4.20. The van der Waals surface area contributed by atoms with Crippen LogP contribution >= 0.6 is 0 Å². The highest BCUT2D eigenvalue weighted by Crippen LogP contribution is 2.35. The Kier molecular flexibility index (Phi) is 9.21. The molecular formula is C26H38N6O6. The molecule has 1 aromatic heterocycles. The molecule has 208 valence electrons. The molecule has 3 atom stereocenters. The average Bonchev–Trinajstić information content (AvgIpc) is 3.17. The van der Waals surface area contributed by atoms with Gasteiger partial charge < -0.3 is 40.1 Å². The standard InChI is InChI=1S/C26H38N6O6/c1-14(2)27-25(35)28-20-10-8-9-19-23(20)37-21(15(3)11-32(24(19)34)16(4)13-33)12-31(7)26(36)29-22-17(5)30-38-18(22)6/h8-10,14-16,21,33H,11-13H2,1-7H3,(H,29,36)(H2,27,28,35)/t15-,16-,21-/m1/s1. The zero-order valence-electron chi connectivity index (χ0n) is 23.0. The SMILES string of the molecule is Cc1noc(C)c1NC(=O)N(C)C[C@H]1Oc2c(NC(=O)NC(C)C)cccc2C(=O)N([C@H](C)CO)C[C@H]1C. The second-order valence-corrected chi connectivity index (χ2v) is 10.1. The van der Waals surface area contributed by atoms with Gasteiger partial charge in [0.25, 0.3) is 5.91 Å². The summed E-state index contributed by atoms with van der Waals surface area (Å²) in [5.74, 6) is 0.163. The van der Waals surface area contributed by atoms with Gasteiger partial charge in [-0.1, -0.05) is 18.1 Å². The zero-order valence-corrected chi connectivity index (χ0v) is 23.0. The lowest BCUT2D eigenvalue weighted by Crippen LogP contribution is -2.50. The number of aromatic nitrogens is 1. The second kappa shape index (κ2) is 12.2. The number of anilines is 2. The van der Waals surface area contributed by atoms with Crippen molar-refractivity contribution in [3.63, 3.8) is 0 Å². The maximum atomic E-state index is 13.5. The Morgan fingerprint density at radius 2 is 1.95 bits per heavy atom. The molecule has 0 spiro atoms. The number of likely N-dealkylation sites (N-methyl/N-ethyl adjacent to an activating group) is 1. The number of aliphatic hydroxyl groups is 1. The van der Waals surface area contributed by atoms with Crippen LogP contribution in [-0.4, -0.2) is 83.0 Å². The van der Waals surface area contributed by atoms with Crippen molar-refractivity contribution in [1.29, 1.82) is 0 Å². The van der Waals surface area contributed by atoms with Gasteiger partial charge in [0.2, 0.25) is 0 Å². The third kappa shape index (κ3) is 6.55. The lowest BCUT2D eigenvalue weighted by atomic mass is 9.99. The molecule has 5 amide bonds. The van der Waals surface area contributed by atoms with Gasteiger partial charge in [-0.15, -0.1) is 0 Å². The number of rotatable bonds is 7. The number of carbonyl (C=O) groups is 3. The third-order valence-corrected chi connectivity index (χ3v) is 6.42. The first-order chi connectivity index (χ1) is 17.9. The number of hydrogen-bond acceptors (Lipinski definition) is 7. The summed E-state index contributed by atoms with van der Waals surface area (Å²) < 4.78 is 11.5. The Labute approximate surface area is 222 Å². The van der Waals surface area contributed by atoms with Gasteiger partial charge in [-0.2, -0.15) is 0 Å². The van der Waals surface area contributed by atoms with Crippen LogP contribution in [0.4, 0.5) is 21.0 Å². The molecular weight excluding hydrogens is 492 g/mol. The van der Waals surface area contributed by atoms with Crippen LogP contribution in [0.1, 0.15) is 49.5 Å². The summed E-state index contributed by atoms with van der Waals surface area (Å²) >= 11 is 0. The monoisotopic (exact) mass is 530 g/mol. The molecule has 0 aliphatic carbocycles. The van der Waals surface area contributed by atoms with E-state index in [-0.39, 0.29) is 48.4 Å². The number of benzene rings is 1. The van der Waals surface area contributed by atoms with E-state index in [1.807, 2.05) is 20.8 Å². The van der Waals surface area contributed by atoms with Gasteiger partial charge >= 0.3 is 12.1 Å². The Morgan fingerprint density at radius 1 is 1.24 bits per heavy atom. The van der Waals surface area contributed by atoms with Crippen LogP contribution in [0.5, 0.6) is 5.75 Å². The van der Waals surface area contributed by atoms with Crippen LogP contribution in [0.2, 0.25) is 0 Å². The van der Waals surface area contributed by atoms with Gasteiger partial charge in [0.15, 0.2) is 11.5 Å².